The summed E-state index contributed by atoms with van der Waals surface area (Å²) >= 11 is 1.79. The minimum atomic E-state index is 0.611. The van der Waals surface area contributed by atoms with Crippen LogP contribution in [0.1, 0.15) is 29.5 Å². The van der Waals surface area contributed by atoms with Crippen molar-refractivity contribution in [3.8, 4) is 0 Å². The third-order valence-corrected chi connectivity index (χ3v) is 4.53. The van der Waals surface area contributed by atoms with Crippen LogP contribution in [0, 0.1) is 6.92 Å². The summed E-state index contributed by atoms with van der Waals surface area (Å²) in [5.41, 5.74) is 4.37. The van der Waals surface area contributed by atoms with Gasteiger partial charge in [-0.2, -0.15) is 11.3 Å². The molecular formula is C17H23NS. The van der Waals surface area contributed by atoms with Crippen molar-refractivity contribution in [2.45, 2.75) is 38.6 Å². The van der Waals surface area contributed by atoms with Crippen LogP contribution in [-0.4, -0.2) is 13.1 Å². The van der Waals surface area contributed by atoms with Crippen LogP contribution in [0.2, 0.25) is 0 Å². The van der Waals surface area contributed by atoms with Crippen LogP contribution in [-0.2, 0) is 12.8 Å². The van der Waals surface area contributed by atoms with Gasteiger partial charge in [0.2, 0.25) is 0 Å². The zero-order valence-electron chi connectivity index (χ0n) is 11.9. The molecule has 19 heavy (non-hydrogen) atoms. The predicted molar refractivity (Wildman–Crippen MR) is 85.0 cm³/mol. The first kappa shape index (κ1) is 14.3. The third kappa shape index (κ3) is 4.48. The molecule has 1 atom stereocenters. The molecule has 102 valence electrons. The lowest BCUT2D eigenvalue weighted by Crippen LogP contribution is -2.26. The number of thiophene rings is 1. The Labute approximate surface area is 120 Å². The summed E-state index contributed by atoms with van der Waals surface area (Å²) in [6.07, 6.45) is 4.79. The van der Waals surface area contributed by atoms with Gasteiger partial charge in [0.05, 0.1) is 0 Å². The maximum absolute atomic E-state index is 3.46. The molecule has 0 aliphatic rings. The molecule has 1 heterocycles. The molecule has 1 unspecified atom stereocenters. The van der Waals surface area contributed by atoms with Gasteiger partial charge in [-0.3, -0.25) is 0 Å². The molecule has 0 aliphatic heterocycles. The number of rotatable bonds is 7. The summed E-state index contributed by atoms with van der Waals surface area (Å²) in [5.74, 6) is 0. The molecule has 2 aromatic rings. The molecule has 2 rings (SSSR count). The summed E-state index contributed by atoms with van der Waals surface area (Å²) in [5, 5.41) is 7.88. The third-order valence-electron chi connectivity index (χ3n) is 3.79. The number of nitrogens with one attached hydrogen (secondary N) is 1. The highest BCUT2D eigenvalue weighted by Gasteiger charge is 2.08. The Bertz CT molecular complexity index is 476. The zero-order chi connectivity index (χ0) is 13.5. The molecule has 1 N–H and O–H groups in total. The van der Waals surface area contributed by atoms with Gasteiger partial charge >= 0.3 is 0 Å². The van der Waals surface area contributed by atoms with Crippen molar-refractivity contribution in [2.75, 3.05) is 7.05 Å². The summed E-state index contributed by atoms with van der Waals surface area (Å²) < 4.78 is 0. The Morgan fingerprint density at radius 3 is 2.58 bits per heavy atom. The van der Waals surface area contributed by atoms with Crippen LogP contribution in [0.4, 0.5) is 0 Å². The van der Waals surface area contributed by atoms with Gasteiger partial charge in [0.1, 0.15) is 0 Å². The van der Waals surface area contributed by atoms with Crippen LogP contribution in [0.5, 0.6) is 0 Å². The average molecular weight is 273 g/mol. The molecule has 1 nitrogen and oxygen atoms in total. The number of benzene rings is 1. The van der Waals surface area contributed by atoms with E-state index in [0.717, 1.165) is 0 Å². The summed E-state index contributed by atoms with van der Waals surface area (Å²) in [4.78, 5) is 0. The fraction of sp³-hybridized carbons (Fsp3) is 0.412. The lowest BCUT2D eigenvalue weighted by Gasteiger charge is -2.16. The highest BCUT2D eigenvalue weighted by Crippen LogP contribution is 2.14. The Morgan fingerprint density at radius 1 is 1.11 bits per heavy atom. The zero-order valence-corrected chi connectivity index (χ0v) is 12.7. The maximum atomic E-state index is 3.46. The fourth-order valence-corrected chi connectivity index (χ4v) is 3.13. The minimum absolute atomic E-state index is 0.611. The van der Waals surface area contributed by atoms with E-state index in [2.05, 4.69) is 60.4 Å². The summed E-state index contributed by atoms with van der Waals surface area (Å²) in [6.45, 7) is 2.20. The van der Waals surface area contributed by atoms with E-state index >= 15 is 0 Å². The van der Waals surface area contributed by atoms with E-state index in [9.17, 15) is 0 Å². The quantitative estimate of drug-likeness (QED) is 0.797. The largest absolute Gasteiger partial charge is 0.317 e. The SMILES string of the molecule is CNC(CCc1ccsc1)CCc1ccccc1C. The van der Waals surface area contributed by atoms with Gasteiger partial charge in [0.25, 0.3) is 0 Å². The molecule has 2 heteroatoms. The molecule has 0 aliphatic carbocycles. The minimum Gasteiger partial charge on any atom is -0.317 e. The van der Waals surface area contributed by atoms with E-state index in [-0.39, 0.29) is 0 Å². The van der Waals surface area contributed by atoms with Crippen LogP contribution < -0.4 is 5.32 Å². The van der Waals surface area contributed by atoms with Gasteiger partial charge < -0.3 is 5.32 Å². The van der Waals surface area contributed by atoms with Gasteiger partial charge in [-0.05, 0) is 73.2 Å². The second-order valence-corrected chi connectivity index (χ2v) is 5.90. The van der Waals surface area contributed by atoms with Crippen LogP contribution in [0.15, 0.2) is 41.1 Å². The standard InChI is InChI=1S/C17H23NS/c1-14-5-3-4-6-16(14)8-10-17(18-2)9-7-15-11-12-19-13-15/h3-6,11-13,17-18H,7-10H2,1-2H3. The van der Waals surface area contributed by atoms with Crippen molar-refractivity contribution in [3.63, 3.8) is 0 Å². The van der Waals surface area contributed by atoms with Crippen molar-refractivity contribution in [2.24, 2.45) is 0 Å². The second kappa shape index (κ2) is 7.46. The first-order valence-electron chi connectivity index (χ1n) is 7.02. The molecular weight excluding hydrogens is 250 g/mol. The Hall–Kier alpha value is -1.12. The Morgan fingerprint density at radius 2 is 1.89 bits per heavy atom. The molecule has 0 bridgehead atoms. The predicted octanol–water partition coefficient (Wildman–Crippen LogP) is 4.21. The molecule has 0 saturated carbocycles. The molecule has 1 aromatic carbocycles. The van der Waals surface area contributed by atoms with Crippen LogP contribution in [0.3, 0.4) is 0 Å². The Kier molecular flexibility index (Phi) is 5.62. The van der Waals surface area contributed by atoms with Gasteiger partial charge in [-0.1, -0.05) is 24.3 Å². The van der Waals surface area contributed by atoms with E-state index in [1.165, 1.54) is 42.4 Å². The smallest absolute Gasteiger partial charge is 0.00704 e. The topological polar surface area (TPSA) is 12.0 Å². The van der Waals surface area contributed by atoms with Crippen molar-refractivity contribution in [1.82, 2.24) is 5.32 Å². The summed E-state index contributed by atoms with van der Waals surface area (Å²) in [6, 6.07) is 11.6. The van der Waals surface area contributed by atoms with Crippen molar-refractivity contribution in [3.05, 3.63) is 57.8 Å². The molecule has 0 radical (unpaired) electrons. The van der Waals surface area contributed by atoms with Gasteiger partial charge in [-0.25, -0.2) is 0 Å². The number of hydrogen-bond donors (Lipinski definition) is 1. The van der Waals surface area contributed by atoms with E-state index in [1.54, 1.807) is 11.3 Å². The normalized spacial score (nSPS) is 12.5. The highest BCUT2D eigenvalue weighted by atomic mass is 32.1. The fourth-order valence-electron chi connectivity index (χ4n) is 2.43. The van der Waals surface area contributed by atoms with E-state index in [1.807, 2.05) is 0 Å². The molecule has 0 spiro atoms. The Balaban J connectivity index is 1.81. The first-order chi connectivity index (χ1) is 9.29. The van der Waals surface area contributed by atoms with E-state index in [4.69, 9.17) is 0 Å². The monoisotopic (exact) mass is 273 g/mol. The van der Waals surface area contributed by atoms with Crippen molar-refractivity contribution in [1.29, 1.82) is 0 Å². The molecule has 0 saturated heterocycles. The molecule has 0 amide bonds. The van der Waals surface area contributed by atoms with E-state index in [0.29, 0.717) is 6.04 Å². The maximum Gasteiger partial charge on any atom is 0.00704 e. The second-order valence-electron chi connectivity index (χ2n) is 5.12. The van der Waals surface area contributed by atoms with Gasteiger partial charge in [-0.15, -0.1) is 0 Å². The van der Waals surface area contributed by atoms with Crippen molar-refractivity contribution >= 4 is 11.3 Å². The van der Waals surface area contributed by atoms with Crippen LogP contribution >= 0.6 is 11.3 Å². The average Bonchev–Trinajstić information content (AvgIpc) is 2.94. The lowest BCUT2D eigenvalue weighted by atomic mass is 9.98. The molecule has 1 aromatic heterocycles. The first-order valence-corrected chi connectivity index (χ1v) is 7.96. The van der Waals surface area contributed by atoms with E-state index < -0.39 is 0 Å². The number of hydrogen-bond acceptors (Lipinski definition) is 2. The van der Waals surface area contributed by atoms with Gasteiger partial charge in [0, 0.05) is 6.04 Å². The number of aryl methyl sites for hydroxylation is 3. The lowest BCUT2D eigenvalue weighted by molar-refractivity contribution is 0.489. The van der Waals surface area contributed by atoms with Crippen molar-refractivity contribution < 1.29 is 0 Å². The highest BCUT2D eigenvalue weighted by molar-refractivity contribution is 7.07. The molecule has 0 fully saturated rings. The van der Waals surface area contributed by atoms with Gasteiger partial charge in [0.15, 0.2) is 0 Å². The van der Waals surface area contributed by atoms with Crippen LogP contribution in [0.25, 0.3) is 0 Å². The summed E-state index contributed by atoms with van der Waals surface area (Å²) in [7, 11) is 2.08.